The van der Waals surface area contributed by atoms with Gasteiger partial charge in [0.05, 0.1) is 10.6 Å². The summed E-state index contributed by atoms with van der Waals surface area (Å²) in [6, 6.07) is 7.93. The number of benzene rings is 2. The molecule has 27 heavy (non-hydrogen) atoms. The van der Waals surface area contributed by atoms with Gasteiger partial charge in [0, 0.05) is 5.56 Å². The third kappa shape index (κ3) is 3.69. The lowest BCUT2D eigenvalue weighted by atomic mass is 9.97. The molecule has 0 radical (unpaired) electrons. The Kier molecular flexibility index (Phi) is 5.00. The molecule has 3 nitrogen and oxygen atoms in total. The molecule has 0 fully saturated rings. The van der Waals surface area contributed by atoms with Crippen molar-refractivity contribution in [2.75, 3.05) is 4.72 Å². The first-order chi connectivity index (χ1) is 12.6. The van der Waals surface area contributed by atoms with Gasteiger partial charge in [0.15, 0.2) is 0 Å². The van der Waals surface area contributed by atoms with E-state index < -0.39 is 15.8 Å². The standard InChI is InChI=1S/C22H24FNO2S/c1-13-10-16(4)22(17(5)11-13)27(25,26)24-20-12-18(23)8-9-19(20)21-14(2)6-7-15(21)3/h6,8-12,24H,7H2,1-5H3. The first kappa shape index (κ1) is 19.4. The fourth-order valence-corrected chi connectivity index (χ4v) is 5.42. The fourth-order valence-electron chi connectivity index (χ4n) is 3.89. The Hall–Kier alpha value is -2.40. The SMILES string of the molecule is CC1=CCC(C)=C1c1ccc(F)cc1NS(=O)(=O)c1c(C)cc(C)cc1C. The first-order valence-electron chi connectivity index (χ1n) is 8.87. The van der Waals surface area contributed by atoms with E-state index in [1.54, 1.807) is 19.9 Å². The molecule has 3 rings (SSSR count). The van der Waals surface area contributed by atoms with Crippen molar-refractivity contribution in [1.82, 2.24) is 0 Å². The second-order valence-electron chi connectivity index (χ2n) is 7.27. The van der Waals surface area contributed by atoms with Gasteiger partial charge in [0.2, 0.25) is 0 Å². The van der Waals surface area contributed by atoms with E-state index in [-0.39, 0.29) is 10.6 Å². The van der Waals surface area contributed by atoms with E-state index in [4.69, 9.17) is 0 Å². The molecule has 0 heterocycles. The van der Waals surface area contributed by atoms with E-state index >= 15 is 0 Å². The first-order valence-corrected chi connectivity index (χ1v) is 10.4. The normalized spacial score (nSPS) is 14.5. The van der Waals surface area contributed by atoms with Gasteiger partial charge in [0.25, 0.3) is 10.0 Å². The summed E-state index contributed by atoms with van der Waals surface area (Å²) in [7, 11) is -3.85. The molecule has 0 spiro atoms. The van der Waals surface area contributed by atoms with Crippen LogP contribution in [0.25, 0.3) is 5.57 Å². The van der Waals surface area contributed by atoms with Crippen LogP contribution in [0.2, 0.25) is 0 Å². The topological polar surface area (TPSA) is 46.2 Å². The van der Waals surface area contributed by atoms with Crippen molar-refractivity contribution in [2.45, 2.75) is 45.9 Å². The Morgan fingerprint density at radius 1 is 0.963 bits per heavy atom. The molecule has 0 amide bonds. The van der Waals surface area contributed by atoms with Crippen LogP contribution in [0.1, 0.15) is 42.5 Å². The van der Waals surface area contributed by atoms with Crippen molar-refractivity contribution in [3.8, 4) is 0 Å². The molecule has 0 unspecified atom stereocenters. The van der Waals surface area contributed by atoms with Crippen LogP contribution in [-0.2, 0) is 10.0 Å². The monoisotopic (exact) mass is 385 g/mol. The Morgan fingerprint density at radius 3 is 2.15 bits per heavy atom. The molecule has 0 saturated carbocycles. The third-order valence-electron chi connectivity index (χ3n) is 4.90. The second-order valence-corrected chi connectivity index (χ2v) is 8.89. The average Bonchev–Trinajstić information content (AvgIpc) is 2.85. The molecule has 0 bridgehead atoms. The largest absolute Gasteiger partial charge is 0.279 e. The summed E-state index contributed by atoms with van der Waals surface area (Å²) in [5.74, 6) is -0.480. The molecule has 5 heteroatoms. The van der Waals surface area contributed by atoms with Gasteiger partial charge in [0.1, 0.15) is 5.82 Å². The number of hydrogen-bond donors (Lipinski definition) is 1. The van der Waals surface area contributed by atoms with Gasteiger partial charge in [-0.15, -0.1) is 0 Å². The Morgan fingerprint density at radius 2 is 1.59 bits per heavy atom. The summed E-state index contributed by atoms with van der Waals surface area (Å²) in [5, 5.41) is 0. The van der Waals surface area contributed by atoms with Crippen LogP contribution < -0.4 is 4.72 Å². The molecule has 0 saturated heterocycles. The Bertz CT molecular complexity index is 1070. The highest BCUT2D eigenvalue weighted by Gasteiger charge is 2.24. The number of aryl methyl sites for hydroxylation is 3. The van der Waals surface area contributed by atoms with E-state index in [0.29, 0.717) is 16.7 Å². The van der Waals surface area contributed by atoms with Crippen molar-refractivity contribution in [3.63, 3.8) is 0 Å². The second kappa shape index (κ2) is 6.97. The predicted molar refractivity (Wildman–Crippen MR) is 109 cm³/mol. The van der Waals surface area contributed by atoms with E-state index in [1.165, 1.54) is 12.1 Å². The van der Waals surface area contributed by atoms with Crippen LogP contribution in [0.4, 0.5) is 10.1 Å². The summed E-state index contributed by atoms with van der Waals surface area (Å²) >= 11 is 0. The molecule has 0 aliphatic heterocycles. The van der Waals surface area contributed by atoms with Gasteiger partial charge in [-0.1, -0.05) is 29.3 Å². The fraction of sp³-hybridized carbons (Fsp3) is 0.273. The number of sulfonamides is 1. The van der Waals surface area contributed by atoms with Gasteiger partial charge in [-0.05, 0) is 81.5 Å². The van der Waals surface area contributed by atoms with Crippen molar-refractivity contribution in [1.29, 1.82) is 0 Å². The molecule has 1 aliphatic carbocycles. The highest BCUT2D eigenvalue weighted by molar-refractivity contribution is 7.92. The van der Waals surface area contributed by atoms with Crippen molar-refractivity contribution < 1.29 is 12.8 Å². The van der Waals surface area contributed by atoms with Crippen LogP contribution >= 0.6 is 0 Å². The average molecular weight is 386 g/mol. The molecular weight excluding hydrogens is 361 g/mol. The lowest BCUT2D eigenvalue weighted by Crippen LogP contribution is -2.17. The minimum absolute atomic E-state index is 0.243. The van der Waals surface area contributed by atoms with Gasteiger partial charge in [-0.25, -0.2) is 12.8 Å². The summed E-state index contributed by atoms with van der Waals surface area (Å²) in [6.07, 6.45) is 2.92. The molecule has 1 N–H and O–H groups in total. The van der Waals surface area contributed by atoms with E-state index in [0.717, 1.165) is 28.7 Å². The van der Waals surface area contributed by atoms with Gasteiger partial charge in [-0.3, -0.25) is 4.72 Å². The Balaban J connectivity index is 2.13. The van der Waals surface area contributed by atoms with Crippen LogP contribution in [0.3, 0.4) is 0 Å². The lowest BCUT2D eigenvalue weighted by Gasteiger charge is -2.18. The van der Waals surface area contributed by atoms with Crippen LogP contribution in [0.15, 0.2) is 52.4 Å². The predicted octanol–water partition coefficient (Wildman–Crippen LogP) is 5.68. The molecule has 0 atom stereocenters. The summed E-state index contributed by atoms with van der Waals surface area (Å²) in [4.78, 5) is 0.243. The number of rotatable bonds is 4. The van der Waals surface area contributed by atoms with Gasteiger partial charge < -0.3 is 0 Å². The highest BCUT2D eigenvalue weighted by Crippen LogP contribution is 2.38. The smallest absolute Gasteiger partial charge is 0.262 e. The zero-order chi connectivity index (χ0) is 19.9. The molecular formula is C22H24FNO2S. The van der Waals surface area contributed by atoms with E-state index in [1.807, 2.05) is 32.9 Å². The third-order valence-corrected chi connectivity index (χ3v) is 6.57. The summed E-state index contributed by atoms with van der Waals surface area (Å²) in [6.45, 7) is 9.48. The summed E-state index contributed by atoms with van der Waals surface area (Å²) in [5.41, 5.74) is 6.50. The zero-order valence-electron chi connectivity index (χ0n) is 16.3. The molecule has 0 aromatic heterocycles. The number of hydrogen-bond acceptors (Lipinski definition) is 2. The molecule has 142 valence electrons. The minimum atomic E-state index is -3.85. The number of nitrogens with one attached hydrogen (secondary N) is 1. The molecule has 2 aromatic carbocycles. The molecule has 1 aliphatic rings. The Labute approximate surface area is 160 Å². The van der Waals surface area contributed by atoms with Crippen molar-refractivity contribution in [2.24, 2.45) is 0 Å². The highest BCUT2D eigenvalue weighted by atomic mass is 32.2. The maximum absolute atomic E-state index is 14.0. The summed E-state index contributed by atoms with van der Waals surface area (Å²) < 4.78 is 42.8. The van der Waals surface area contributed by atoms with Crippen LogP contribution in [-0.4, -0.2) is 8.42 Å². The maximum Gasteiger partial charge on any atom is 0.262 e. The van der Waals surface area contributed by atoms with Crippen LogP contribution in [0.5, 0.6) is 0 Å². The number of allylic oxidation sites excluding steroid dienone is 4. The van der Waals surface area contributed by atoms with Gasteiger partial charge in [-0.2, -0.15) is 0 Å². The van der Waals surface area contributed by atoms with E-state index in [9.17, 15) is 12.8 Å². The lowest BCUT2D eigenvalue weighted by molar-refractivity contribution is 0.600. The molecule has 2 aromatic rings. The van der Waals surface area contributed by atoms with Crippen LogP contribution in [0, 0.1) is 26.6 Å². The number of halogens is 1. The zero-order valence-corrected chi connectivity index (χ0v) is 17.1. The van der Waals surface area contributed by atoms with E-state index in [2.05, 4.69) is 10.8 Å². The van der Waals surface area contributed by atoms with Crippen molar-refractivity contribution >= 4 is 21.3 Å². The van der Waals surface area contributed by atoms with Gasteiger partial charge >= 0.3 is 0 Å². The maximum atomic E-state index is 14.0. The minimum Gasteiger partial charge on any atom is -0.279 e. The van der Waals surface area contributed by atoms with Crippen molar-refractivity contribution in [3.05, 3.63) is 75.6 Å². The number of anilines is 1. The quantitative estimate of drug-likeness (QED) is 0.736.